The van der Waals surface area contributed by atoms with Crippen molar-refractivity contribution in [2.45, 2.75) is 57.7 Å². The van der Waals surface area contributed by atoms with Crippen LogP contribution in [-0.2, 0) is 20.9 Å². The number of rotatable bonds is 4. The number of nitrogens with zero attached hydrogens (tertiary/aromatic N) is 3. The second kappa shape index (κ2) is 7.95. The number of carbonyl (C=O) groups is 2. The minimum Gasteiger partial charge on any atom is -0.368 e. The standard InChI is InChI=1S/C19H27N3O3/c1-14-8-9-20-12-15(14)13-21(2)18(23)16-6-3-4-10-22(16)19(24)17-7-5-11-25-17/h8-9,12,16-17H,3-7,10-11,13H2,1-2H3/t16-,17+/m1/s1. The van der Waals surface area contributed by atoms with Gasteiger partial charge in [-0.05, 0) is 56.2 Å². The zero-order valence-corrected chi connectivity index (χ0v) is 15.1. The summed E-state index contributed by atoms with van der Waals surface area (Å²) in [5.74, 6) is -0.00388. The van der Waals surface area contributed by atoms with E-state index in [1.165, 1.54) is 0 Å². The first-order valence-corrected chi connectivity index (χ1v) is 9.14. The van der Waals surface area contributed by atoms with Gasteiger partial charge >= 0.3 is 0 Å². The fourth-order valence-electron chi connectivity index (χ4n) is 3.66. The third-order valence-corrected chi connectivity index (χ3v) is 5.21. The molecule has 0 aromatic carbocycles. The van der Waals surface area contributed by atoms with Crippen molar-refractivity contribution in [2.75, 3.05) is 20.2 Å². The first-order valence-electron chi connectivity index (χ1n) is 9.14. The predicted molar refractivity (Wildman–Crippen MR) is 93.8 cm³/mol. The molecule has 2 atom stereocenters. The highest BCUT2D eigenvalue weighted by molar-refractivity contribution is 5.89. The van der Waals surface area contributed by atoms with Crippen LogP contribution in [0.5, 0.6) is 0 Å². The molecule has 0 spiro atoms. The third kappa shape index (κ3) is 4.00. The molecule has 2 amide bonds. The number of amides is 2. The van der Waals surface area contributed by atoms with Gasteiger partial charge in [-0.3, -0.25) is 14.6 Å². The van der Waals surface area contributed by atoms with Gasteiger partial charge in [-0.2, -0.15) is 0 Å². The van der Waals surface area contributed by atoms with Gasteiger partial charge in [0.1, 0.15) is 12.1 Å². The number of piperidine rings is 1. The van der Waals surface area contributed by atoms with Gasteiger partial charge in [0.05, 0.1) is 0 Å². The van der Waals surface area contributed by atoms with Gasteiger partial charge in [0.15, 0.2) is 0 Å². The second-order valence-electron chi connectivity index (χ2n) is 7.04. The highest BCUT2D eigenvalue weighted by Gasteiger charge is 2.38. The minimum absolute atomic E-state index is 0.00861. The molecule has 2 fully saturated rings. The summed E-state index contributed by atoms with van der Waals surface area (Å²) < 4.78 is 5.54. The molecule has 2 aliphatic heterocycles. The SMILES string of the molecule is Cc1ccncc1CN(C)C(=O)[C@H]1CCCCN1C(=O)[C@@H]1CCCO1. The smallest absolute Gasteiger partial charge is 0.252 e. The number of hydrogen-bond donors (Lipinski definition) is 0. The fraction of sp³-hybridized carbons (Fsp3) is 0.632. The second-order valence-corrected chi connectivity index (χ2v) is 7.04. The van der Waals surface area contributed by atoms with Gasteiger partial charge in [-0.15, -0.1) is 0 Å². The summed E-state index contributed by atoms with van der Waals surface area (Å²) in [4.78, 5) is 33.4. The third-order valence-electron chi connectivity index (χ3n) is 5.21. The van der Waals surface area contributed by atoms with E-state index in [1.54, 1.807) is 29.2 Å². The van der Waals surface area contributed by atoms with Gasteiger partial charge in [0, 0.05) is 39.1 Å². The molecule has 3 rings (SSSR count). The number of aryl methyl sites for hydroxylation is 1. The Kier molecular flexibility index (Phi) is 5.68. The molecule has 1 aromatic heterocycles. The molecule has 0 unspecified atom stereocenters. The quantitative estimate of drug-likeness (QED) is 0.836. The Hall–Kier alpha value is -1.95. The molecular formula is C19H27N3O3. The summed E-state index contributed by atoms with van der Waals surface area (Å²) in [7, 11) is 1.80. The van der Waals surface area contributed by atoms with Gasteiger partial charge in [-0.25, -0.2) is 0 Å². The largest absolute Gasteiger partial charge is 0.368 e. The molecule has 0 N–H and O–H groups in total. The number of pyridine rings is 1. The highest BCUT2D eigenvalue weighted by atomic mass is 16.5. The first-order chi connectivity index (χ1) is 12.1. The van der Waals surface area contributed by atoms with Crippen LogP contribution < -0.4 is 0 Å². The zero-order valence-electron chi connectivity index (χ0n) is 15.1. The monoisotopic (exact) mass is 345 g/mol. The van der Waals surface area contributed by atoms with E-state index >= 15 is 0 Å². The molecule has 0 bridgehead atoms. The Labute approximate surface area is 149 Å². The van der Waals surface area contributed by atoms with E-state index in [0.29, 0.717) is 19.7 Å². The Balaban J connectivity index is 1.69. The number of hydrogen-bond acceptors (Lipinski definition) is 4. The Morgan fingerprint density at radius 3 is 2.88 bits per heavy atom. The lowest BCUT2D eigenvalue weighted by molar-refractivity contribution is -0.153. The van der Waals surface area contributed by atoms with Crippen LogP contribution in [0.15, 0.2) is 18.5 Å². The number of carbonyl (C=O) groups excluding carboxylic acids is 2. The number of likely N-dealkylation sites (N-methyl/N-ethyl adjacent to an activating group) is 1. The van der Waals surface area contributed by atoms with E-state index in [0.717, 1.165) is 43.2 Å². The van der Waals surface area contributed by atoms with Crippen molar-refractivity contribution in [3.05, 3.63) is 29.6 Å². The molecule has 6 heteroatoms. The zero-order chi connectivity index (χ0) is 17.8. The van der Waals surface area contributed by atoms with E-state index in [2.05, 4.69) is 4.98 Å². The van der Waals surface area contributed by atoms with Crippen LogP contribution in [0.4, 0.5) is 0 Å². The first kappa shape index (κ1) is 17.9. The molecule has 3 heterocycles. The number of aromatic nitrogens is 1. The molecular weight excluding hydrogens is 318 g/mol. The number of likely N-dealkylation sites (tertiary alicyclic amines) is 1. The molecule has 0 radical (unpaired) electrons. The van der Waals surface area contributed by atoms with Crippen LogP contribution in [0.25, 0.3) is 0 Å². The Morgan fingerprint density at radius 2 is 2.16 bits per heavy atom. The molecule has 2 saturated heterocycles. The van der Waals surface area contributed by atoms with E-state index in [-0.39, 0.29) is 24.0 Å². The van der Waals surface area contributed by atoms with Crippen molar-refractivity contribution in [1.29, 1.82) is 0 Å². The minimum atomic E-state index is -0.368. The van der Waals surface area contributed by atoms with Crippen molar-refractivity contribution in [3.8, 4) is 0 Å². The lowest BCUT2D eigenvalue weighted by Gasteiger charge is -2.38. The lowest BCUT2D eigenvalue weighted by Crippen LogP contribution is -2.54. The lowest BCUT2D eigenvalue weighted by atomic mass is 9.99. The molecule has 2 aliphatic rings. The Bertz CT molecular complexity index is 628. The van der Waals surface area contributed by atoms with Crippen LogP contribution in [0.1, 0.15) is 43.2 Å². The van der Waals surface area contributed by atoms with Gasteiger partial charge in [0.25, 0.3) is 5.91 Å². The van der Waals surface area contributed by atoms with Crippen LogP contribution in [-0.4, -0.2) is 58.9 Å². The molecule has 25 heavy (non-hydrogen) atoms. The summed E-state index contributed by atoms with van der Waals surface area (Å²) in [5.41, 5.74) is 2.15. The van der Waals surface area contributed by atoms with Crippen molar-refractivity contribution < 1.29 is 14.3 Å². The van der Waals surface area contributed by atoms with Crippen molar-refractivity contribution in [3.63, 3.8) is 0 Å². The highest BCUT2D eigenvalue weighted by Crippen LogP contribution is 2.24. The average molecular weight is 345 g/mol. The van der Waals surface area contributed by atoms with E-state index < -0.39 is 0 Å². The molecule has 0 saturated carbocycles. The maximum Gasteiger partial charge on any atom is 0.252 e. The summed E-state index contributed by atoms with van der Waals surface area (Å²) >= 11 is 0. The number of ether oxygens (including phenoxy) is 1. The van der Waals surface area contributed by atoms with Crippen molar-refractivity contribution in [1.82, 2.24) is 14.8 Å². The van der Waals surface area contributed by atoms with Crippen LogP contribution >= 0.6 is 0 Å². The predicted octanol–water partition coefficient (Wildman–Crippen LogP) is 1.91. The summed E-state index contributed by atoms with van der Waals surface area (Å²) in [5, 5.41) is 0. The van der Waals surface area contributed by atoms with E-state index in [4.69, 9.17) is 4.74 Å². The summed E-state index contributed by atoms with van der Waals surface area (Å²) in [6.45, 7) is 3.82. The van der Waals surface area contributed by atoms with E-state index in [1.807, 2.05) is 13.0 Å². The summed E-state index contributed by atoms with van der Waals surface area (Å²) in [6, 6.07) is 1.58. The van der Waals surface area contributed by atoms with Crippen molar-refractivity contribution >= 4 is 11.8 Å². The van der Waals surface area contributed by atoms with Crippen LogP contribution in [0.3, 0.4) is 0 Å². The molecule has 0 aliphatic carbocycles. The van der Waals surface area contributed by atoms with Gasteiger partial charge in [0.2, 0.25) is 5.91 Å². The van der Waals surface area contributed by atoms with Crippen LogP contribution in [0.2, 0.25) is 0 Å². The molecule has 136 valence electrons. The maximum atomic E-state index is 13.0. The van der Waals surface area contributed by atoms with Gasteiger partial charge < -0.3 is 14.5 Å². The maximum absolute atomic E-state index is 13.0. The average Bonchev–Trinajstić information content (AvgIpc) is 3.17. The normalized spacial score (nSPS) is 23.5. The van der Waals surface area contributed by atoms with Gasteiger partial charge in [-0.1, -0.05) is 0 Å². The molecule has 1 aromatic rings. The van der Waals surface area contributed by atoms with E-state index in [9.17, 15) is 9.59 Å². The van der Waals surface area contributed by atoms with Crippen LogP contribution in [0, 0.1) is 6.92 Å². The fourth-order valence-corrected chi connectivity index (χ4v) is 3.66. The topological polar surface area (TPSA) is 62.7 Å². The molecule has 6 nitrogen and oxygen atoms in total. The van der Waals surface area contributed by atoms with Crippen molar-refractivity contribution in [2.24, 2.45) is 0 Å². The Morgan fingerprint density at radius 1 is 1.32 bits per heavy atom. The summed E-state index contributed by atoms with van der Waals surface area (Å²) in [6.07, 6.45) is 7.54.